The minimum Gasteiger partial charge on any atom is -0.358 e. The van der Waals surface area contributed by atoms with Crippen molar-refractivity contribution in [3.8, 4) is 0 Å². The molecule has 1 aliphatic rings. The van der Waals surface area contributed by atoms with Gasteiger partial charge in [0.2, 0.25) is 0 Å². The molecule has 3 aromatic rings. The van der Waals surface area contributed by atoms with Crippen molar-refractivity contribution in [2.45, 2.75) is 26.2 Å². The first-order valence-corrected chi connectivity index (χ1v) is 6.69. The van der Waals surface area contributed by atoms with Gasteiger partial charge in [-0.2, -0.15) is 30.3 Å². The fourth-order valence-electron chi connectivity index (χ4n) is 2.75. The van der Waals surface area contributed by atoms with Gasteiger partial charge in [0.25, 0.3) is 0 Å². The van der Waals surface area contributed by atoms with Crippen molar-refractivity contribution < 1.29 is 25.8 Å². The number of fused-ring (bicyclic) bond motifs is 2. The van der Waals surface area contributed by atoms with Crippen LogP contribution in [0.25, 0.3) is 10.8 Å². The number of aryl methyl sites for hydroxylation is 3. The van der Waals surface area contributed by atoms with Gasteiger partial charge in [-0.15, -0.1) is 28.5 Å². The van der Waals surface area contributed by atoms with Gasteiger partial charge in [0.1, 0.15) is 0 Å². The van der Waals surface area contributed by atoms with E-state index in [2.05, 4.69) is 31.2 Å². The van der Waals surface area contributed by atoms with E-state index in [4.69, 9.17) is 0 Å². The van der Waals surface area contributed by atoms with Crippen molar-refractivity contribution >= 4 is 10.8 Å². The number of hydrogen-bond donors (Lipinski definition) is 0. The normalized spacial score (nSPS) is 10.3. The third-order valence-corrected chi connectivity index (χ3v) is 3.76. The maximum atomic E-state index is 2.40. The Labute approximate surface area is 163 Å². The van der Waals surface area contributed by atoms with Gasteiger partial charge < -0.3 is 29.7 Å². The molecule has 0 saturated heterocycles. The van der Waals surface area contributed by atoms with Crippen molar-refractivity contribution in [1.82, 2.24) is 0 Å². The van der Waals surface area contributed by atoms with Crippen LogP contribution >= 0.6 is 0 Å². The van der Waals surface area contributed by atoms with Crippen LogP contribution in [-0.2, 0) is 38.7 Å². The SMILES string of the molecule is C[c-]1ccc2cc3c(cc21)CCC3.[CH3-].[CH3-].[CH3-].[CH3-].[Hf].c1cc[cH-]c1. The van der Waals surface area contributed by atoms with Crippen LogP contribution in [0.15, 0.2) is 54.6 Å². The molecule has 3 aromatic carbocycles. The van der Waals surface area contributed by atoms with E-state index in [0.717, 1.165) is 0 Å². The number of hydrogen-bond acceptors (Lipinski definition) is 0. The van der Waals surface area contributed by atoms with E-state index in [-0.39, 0.29) is 55.5 Å². The van der Waals surface area contributed by atoms with Crippen LogP contribution in [0, 0.1) is 36.6 Å². The zero-order valence-electron chi connectivity index (χ0n) is 15.3. The third-order valence-electron chi connectivity index (χ3n) is 3.76. The van der Waals surface area contributed by atoms with Gasteiger partial charge in [0, 0.05) is 25.8 Å². The molecule has 0 amide bonds. The van der Waals surface area contributed by atoms with Crippen molar-refractivity contribution in [3.63, 3.8) is 0 Å². The minimum atomic E-state index is 0. The largest absolute Gasteiger partial charge is 0.358 e. The Hall–Kier alpha value is -0.950. The average molecular weight is 473 g/mol. The van der Waals surface area contributed by atoms with Crippen LogP contribution in [0.3, 0.4) is 0 Å². The summed E-state index contributed by atoms with van der Waals surface area (Å²) in [6.45, 7) is 2.20. The Bertz CT molecular complexity index is 612. The zero-order chi connectivity index (χ0) is 12.4. The maximum absolute atomic E-state index is 2.40. The van der Waals surface area contributed by atoms with Crippen LogP contribution < -0.4 is 0 Å². The third kappa shape index (κ3) is 6.22. The fraction of sp³-hybridized carbons (Fsp3) is 0.182. The summed E-state index contributed by atoms with van der Waals surface area (Å²) in [6.07, 6.45) is 3.92. The molecular weight excluding hydrogens is 443 g/mol. The molecule has 0 fully saturated rings. The minimum absolute atomic E-state index is 0. The Morgan fingerprint density at radius 1 is 0.913 bits per heavy atom. The molecule has 1 heteroatoms. The quantitative estimate of drug-likeness (QED) is 0.257. The summed E-state index contributed by atoms with van der Waals surface area (Å²) >= 11 is 0. The van der Waals surface area contributed by atoms with E-state index >= 15 is 0 Å². The Kier molecular flexibility index (Phi) is 14.6. The molecule has 0 N–H and O–H groups in total. The van der Waals surface area contributed by atoms with Gasteiger partial charge in [0.15, 0.2) is 0 Å². The molecule has 0 atom stereocenters. The molecule has 0 heterocycles. The van der Waals surface area contributed by atoms with Crippen LogP contribution in [0.5, 0.6) is 0 Å². The molecule has 0 unspecified atom stereocenters. The summed E-state index contributed by atoms with van der Waals surface area (Å²) in [6, 6.07) is 19.2. The summed E-state index contributed by atoms with van der Waals surface area (Å²) in [4.78, 5) is 0. The molecule has 23 heavy (non-hydrogen) atoms. The molecule has 0 radical (unpaired) electrons. The summed E-state index contributed by atoms with van der Waals surface area (Å²) in [5.41, 5.74) is 4.59. The predicted octanol–water partition coefficient (Wildman–Crippen LogP) is 6.56. The first-order valence-electron chi connectivity index (χ1n) is 6.69. The van der Waals surface area contributed by atoms with Crippen molar-refractivity contribution in [2.24, 2.45) is 0 Å². The summed E-state index contributed by atoms with van der Waals surface area (Å²) in [5, 5.41) is 2.89. The first kappa shape index (κ1) is 26.9. The molecule has 0 nitrogen and oxygen atoms in total. The van der Waals surface area contributed by atoms with E-state index in [0.29, 0.717) is 0 Å². The molecule has 0 bridgehead atoms. The Morgan fingerprint density at radius 3 is 2.00 bits per heavy atom. The van der Waals surface area contributed by atoms with Crippen molar-refractivity contribution in [1.29, 1.82) is 0 Å². The molecule has 0 aromatic heterocycles. The molecular formula is C22H30Hf-6. The molecule has 0 aliphatic heterocycles. The van der Waals surface area contributed by atoms with Crippen molar-refractivity contribution in [3.05, 3.63) is 101 Å². The van der Waals surface area contributed by atoms with E-state index in [1.807, 2.05) is 30.3 Å². The summed E-state index contributed by atoms with van der Waals surface area (Å²) in [7, 11) is 0. The second-order valence-corrected chi connectivity index (χ2v) is 5.04. The van der Waals surface area contributed by atoms with Gasteiger partial charge in [0.05, 0.1) is 0 Å². The maximum Gasteiger partial charge on any atom is 0 e. The van der Waals surface area contributed by atoms with Gasteiger partial charge >= 0.3 is 0 Å². The molecule has 0 saturated carbocycles. The van der Waals surface area contributed by atoms with Gasteiger partial charge in [-0.05, 0) is 19.3 Å². The topological polar surface area (TPSA) is 0 Å². The van der Waals surface area contributed by atoms with Gasteiger partial charge in [-0.1, -0.05) is 18.1 Å². The molecule has 0 spiro atoms. The predicted molar refractivity (Wildman–Crippen MR) is 104 cm³/mol. The fourth-order valence-corrected chi connectivity index (χ4v) is 2.75. The average Bonchev–Trinajstić information content (AvgIpc) is 3.09. The molecule has 4 rings (SSSR count). The second kappa shape index (κ2) is 12.5. The number of rotatable bonds is 0. The second-order valence-electron chi connectivity index (χ2n) is 5.04. The Morgan fingerprint density at radius 2 is 1.48 bits per heavy atom. The van der Waals surface area contributed by atoms with Crippen molar-refractivity contribution in [2.75, 3.05) is 0 Å². The van der Waals surface area contributed by atoms with Crippen LogP contribution in [0.2, 0.25) is 0 Å². The monoisotopic (exact) mass is 474 g/mol. The van der Waals surface area contributed by atoms with E-state index in [9.17, 15) is 0 Å². The van der Waals surface area contributed by atoms with Crippen LogP contribution in [0.4, 0.5) is 0 Å². The van der Waals surface area contributed by atoms with E-state index < -0.39 is 0 Å². The van der Waals surface area contributed by atoms with Gasteiger partial charge in [-0.25, -0.2) is 12.1 Å². The summed E-state index contributed by atoms with van der Waals surface area (Å²) < 4.78 is 0. The van der Waals surface area contributed by atoms with Crippen LogP contribution in [0.1, 0.15) is 23.1 Å². The van der Waals surface area contributed by atoms with E-state index in [1.54, 1.807) is 11.1 Å². The summed E-state index contributed by atoms with van der Waals surface area (Å²) in [5.74, 6) is 0. The smallest absolute Gasteiger partial charge is 0 e. The van der Waals surface area contributed by atoms with Crippen LogP contribution in [-0.4, -0.2) is 0 Å². The molecule has 128 valence electrons. The standard InChI is InChI=1S/C13H13.C5H5.4CH3.Hf/c1-9-5-6-12-7-10-3-2-4-11(10)8-13(9)12;1-2-4-5-3-1;;;;;/h5-8H,2-4H2,1H3;1-5H;4*1H3;/q6*-1;. The number of benzene rings is 1. The molecule has 1 aliphatic carbocycles. The van der Waals surface area contributed by atoms with Gasteiger partial charge in [-0.3, -0.25) is 0 Å². The van der Waals surface area contributed by atoms with E-state index in [1.165, 1.54) is 35.6 Å². The zero-order valence-corrected chi connectivity index (χ0v) is 18.9. The Balaban J connectivity index is -0.000000356. The first-order chi connectivity index (χ1) is 8.84.